The van der Waals surface area contributed by atoms with Gasteiger partial charge >= 0.3 is 0 Å². The third-order valence-corrected chi connectivity index (χ3v) is 3.75. The molecule has 5 atom stereocenters. The molecule has 0 radical (unpaired) electrons. The van der Waals surface area contributed by atoms with Gasteiger partial charge in [0, 0.05) is 6.42 Å². The lowest BCUT2D eigenvalue weighted by Crippen LogP contribution is -2.58. The molecule has 1 heterocycles. The monoisotopic (exact) mass is 324 g/mol. The first-order chi connectivity index (χ1) is 10.9. The van der Waals surface area contributed by atoms with E-state index in [1.54, 1.807) is 18.2 Å². The van der Waals surface area contributed by atoms with Crippen LogP contribution in [0, 0.1) is 0 Å². The Morgan fingerprint density at radius 3 is 2.26 bits per heavy atom. The third-order valence-electron chi connectivity index (χ3n) is 3.75. The van der Waals surface area contributed by atoms with E-state index in [0.717, 1.165) is 0 Å². The van der Waals surface area contributed by atoms with Crippen molar-refractivity contribution in [1.29, 1.82) is 0 Å². The molecule has 7 nitrogen and oxygen atoms in total. The molecule has 1 aromatic rings. The summed E-state index contributed by atoms with van der Waals surface area (Å²) in [5, 5.41) is 47.5. The molecule has 23 heavy (non-hydrogen) atoms. The molecule has 5 N–H and O–H groups in total. The van der Waals surface area contributed by atoms with Crippen LogP contribution in [-0.4, -0.2) is 68.4 Å². The van der Waals surface area contributed by atoms with Crippen molar-refractivity contribution in [3.63, 3.8) is 0 Å². The first kappa shape index (κ1) is 17.6. The Bertz CT molecular complexity index is 552. The Morgan fingerprint density at radius 2 is 1.65 bits per heavy atom. The zero-order valence-electron chi connectivity index (χ0n) is 12.3. The molecular weight excluding hydrogens is 304 g/mol. The molecule has 0 saturated carbocycles. The van der Waals surface area contributed by atoms with Crippen molar-refractivity contribution >= 4 is 11.9 Å². The maximum Gasteiger partial charge on any atom is 0.158 e. The minimum Gasteiger partial charge on any atom is -0.508 e. The number of carbonyl (C=O) groups is 1. The molecule has 1 aromatic carbocycles. The van der Waals surface area contributed by atoms with Crippen LogP contribution in [0.15, 0.2) is 30.3 Å². The molecule has 7 heteroatoms. The summed E-state index contributed by atoms with van der Waals surface area (Å²) in [7, 11) is 0. The van der Waals surface area contributed by atoms with Gasteiger partial charge in [-0.1, -0.05) is 18.2 Å². The minimum atomic E-state index is -1.49. The number of hydrogen-bond acceptors (Lipinski definition) is 7. The lowest BCUT2D eigenvalue weighted by molar-refractivity contribution is -0.229. The van der Waals surface area contributed by atoms with E-state index in [4.69, 9.17) is 9.84 Å². The average Bonchev–Trinajstić information content (AvgIpc) is 2.55. The van der Waals surface area contributed by atoms with E-state index in [2.05, 4.69) is 0 Å². The molecule has 2 rings (SSSR count). The van der Waals surface area contributed by atoms with Gasteiger partial charge in [0.2, 0.25) is 0 Å². The van der Waals surface area contributed by atoms with Gasteiger partial charge in [0.25, 0.3) is 0 Å². The second kappa shape index (κ2) is 7.67. The molecule has 0 bridgehead atoms. The number of ether oxygens (including phenoxy) is 1. The predicted molar refractivity (Wildman–Crippen MR) is 80.5 cm³/mol. The smallest absolute Gasteiger partial charge is 0.158 e. The van der Waals surface area contributed by atoms with Crippen LogP contribution >= 0.6 is 0 Å². The summed E-state index contributed by atoms with van der Waals surface area (Å²) >= 11 is 0. The number of aromatic hydroxyl groups is 1. The summed E-state index contributed by atoms with van der Waals surface area (Å²) in [5.41, 5.74) is 0.713. The Morgan fingerprint density at radius 1 is 1.04 bits per heavy atom. The molecule has 1 saturated heterocycles. The van der Waals surface area contributed by atoms with E-state index in [0.29, 0.717) is 5.56 Å². The Balaban J connectivity index is 1.97. The van der Waals surface area contributed by atoms with Gasteiger partial charge in [-0.2, -0.15) is 0 Å². The lowest BCUT2D eigenvalue weighted by atomic mass is 9.92. The largest absolute Gasteiger partial charge is 0.508 e. The van der Waals surface area contributed by atoms with E-state index < -0.39 is 37.1 Å². The predicted octanol–water partition coefficient (Wildman–Crippen LogP) is -0.793. The third kappa shape index (κ3) is 4.37. The van der Waals surface area contributed by atoms with E-state index in [1.807, 2.05) is 0 Å². The maximum absolute atomic E-state index is 11.9. The zero-order valence-corrected chi connectivity index (χ0v) is 12.3. The number of ketones is 1. The van der Waals surface area contributed by atoms with E-state index in [-0.39, 0.29) is 18.0 Å². The van der Waals surface area contributed by atoms with Gasteiger partial charge in [0.05, 0.1) is 12.7 Å². The summed E-state index contributed by atoms with van der Waals surface area (Å²) < 4.78 is 5.27. The van der Waals surface area contributed by atoms with Gasteiger partial charge in [-0.15, -0.1) is 0 Å². The molecule has 1 aliphatic heterocycles. The molecule has 0 aliphatic carbocycles. The van der Waals surface area contributed by atoms with Crippen molar-refractivity contribution in [2.45, 2.75) is 36.9 Å². The van der Waals surface area contributed by atoms with Crippen LogP contribution in [0.2, 0.25) is 0 Å². The lowest BCUT2D eigenvalue weighted by Gasteiger charge is -2.39. The van der Waals surface area contributed by atoms with Crippen molar-refractivity contribution < 1.29 is 35.1 Å². The van der Waals surface area contributed by atoms with Gasteiger partial charge in [0.15, 0.2) is 5.78 Å². The number of aliphatic hydroxyl groups is 4. The average molecular weight is 324 g/mol. The van der Waals surface area contributed by atoms with Crippen LogP contribution in [0.1, 0.15) is 12.0 Å². The molecule has 126 valence electrons. The van der Waals surface area contributed by atoms with Gasteiger partial charge in [0.1, 0.15) is 30.2 Å². The van der Waals surface area contributed by atoms with Crippen molar-refractivity contribution in [1.82, 2.24) is 0 Å². The number of benzene rings is 1. The number of carbonyl (C=O) groups excluding carboxylic acids is 1. The second-order valence-electron chi connectivity index (χ2n) is 5.46. The highest BCUT2D eigenvalue weighted by atomic mass is 16.5. The normalized spacial score (nSPS) is 31.4. The van der Waals surface area contributed by atoms with Crippen LogP contribution in [-0.2, 0) is 9.53 Å². The van der Waals surface area contributed by atoms with Crippen molar-refractivity contribution in [2.24, 2.45) is 0 Å². The van der Waals surface area contributed by atoms with Gasteiger partial charge in [-0.25, -0.2) is 0 Å². The number of rotatable bonds is 5. The standard InChI is InChI=1S/C16H20O7/c17-8-13-15(21)16(22)14(20)12(23-13)7-11(19)6-3-9-1-4-10(18)5-2-9/h1-6,12-18,20-22H,7-8H2/b6-3+/t12-,13+,14-,15+,16+/m0/s1. The number of phenolic OH excluding ortho intramolecular Hbond substituents is 1. The summed E-state index contributed by atoms with van der Waals surface area (Å²) in [4.78, 5) is 11.9. The minimum absolute atomic E-state index is 0.120. The Hall–Kier alpha value is -1.77. The summed E-state index contributed by atoms with van der Waals surface area (Å²) in [6.07, 6.45) is -3.72. The Labute approximate surface area is 133 Å². The van der Waals surface area contributed by atoms with Crippen LogP contribution in [0.3, 0.4) is 0 Å². The SMILES string of the molecule is O=C(/C=C/c1ccc(O)cc1)C[C@@H]1O[C@H](CO)[C@@H](O)[C@H](O)[C@H]1O. The number of hydrogen-bond donors (Lipinski definition) is 5. The van der Waals surface area contributed by atoms with Gasteiger partial charge in [-0.05, 0) is 23.8 Å². The zero-order chi connectivity index (χ0) is 17.0. The fourth-order valence-electron chi connectivity index (χ4n) is 2.39. The van der Waals surface area contributed by atoms with E-state index in [1.165, 1.54) is 18.2 Å². The first-order valence-corrected chi connectivity index (χ1v) is 7.23. The highest BCUT2D eigenvalue weighted by Crippen LogP contribution is 2.23. The first-order valence-electron chi connectivity index (χ1n) is 7.23. The second-order valence-corrected chi connectivity index (χ2v) is 5.46. The summed E-state index contributed by atoms with van der Waals surface area (Å²) in [6, 6.07) is 6.24. The Kier molecular flexibility index (Phi) is 5.86. The molecule has 1 aliphatic rings. The van der Waals surface area contributed by atoms with Crippen molar-refractivity contribution in [3.05, 3.63) is 35.9 Å². The fourth-order valence-corrected chi connectivity index (χ4v) is 2.39. The topological polar surface area (TPSA) is 127 Å². The highest BCUT2D eigenvalue weighted by molar-refractivity contribution is 5.93. The highest BCUT2D eigenvalue weighted by Gasteiger charge is 2.43. The molecule has 0 unspecified atom stereocenters. The molecule has 0 spiro atoms. The maximum atomic E-state index is 11.9. The van der Waals surface area contributed by atoms with Gasteiger partial charge in [-0.3, -0.25) is 4.79 Å². The van der Waals surface area contributed by atoms with E-state index >= 15 is 0 Å². The summed E-state index contributed by atoms with van der Waals surface area (Å²) in [5.74, 6) is -0.225. The number of phenols is 1. The molecular formula is C16H20O7. The van der Waals surface area contributed by atoms with E-state index in [9.17, 15) is 25.2 Å². The molecule has 0 amide bonds. The quantitative estimate of drug-likeness (QED) is 0.449. The number of aliphatic hydroxyl groups excluding tert-OH is 4. The van der Waals surface area contributed by atoms with Crippen molar-refractivity contribution in [3.8, 4) is 5.75 Å². The molecule has 0 aromatic heterocycles. The van der Waals surface area contributed by atoms with Crippen LogP contribution < -0.4 is 0 Å². The molecule has 1 fully saturated rings. The van der Waals surface area contributed by atoms with Crippen LogP contribution in [0.25, 0.3) is 6.08 Å². The summed E-state index contributed by atoms with van der Waals surface area (Å²) in [6.45, 7) is -0.529. The van der Waals surface area contributed by atoms with Crippen LogP contribution in [0.5, 0.6) is 5.75 Å². The fraction of sp³-hybridized carbons (Fsp3) is 0.438. The van der Waals surface area contributed by atoms with Crippen LogP contribution in [0.4, 0.5) is 0 Å². The van der Waals surface area contributed by atoms with Crippen molar-refractivity contribution in [2.75, 3.05) is 6.61 Å². The van der Waals surface area contributed by atoms with Gasteiger partial charge < -0.3 is 30.3 Å². The number of allylic oxidation sites excluding steroid dienone is 1.